The molecule has 0 heterocycles. The summed E-state index contributed by atoms with van der Waals surface area (Å²) in [5, 5.41) is 29.6. The van der Waals surface area contributed by atoms with Gasteiger partial charge in [0.25, 0.3) is 0 Å². The van der Waals surface area contributed by atoms with Crippen molar-refractivity contribution >= 4 is 5.97 Å². The van der Waals surface area contributed by atoms with Crippen LogP contribution in [0.4, 0.5) is 0 Å². The van der Waals surface area contributed by atoms with Crippen molar-refractivity contribution in [3.05, 3.63) is 20.2 Å². The minimum Gasteiger partial charge on any atom is -0.538 e. The first-order valence-electron chi connectivity index (χ1n) is 2.34. The SMILES string of the molecule is CC(C(=O)[O-])([N+](=O)[O-])[N+](=O)[O-].[K+]. The maximum atomic E-state index is 9.91. The van der Waals surface area contributed by atoms with E-state index in [0.29, 0.717) is 6.92 Å². The van der Waals surface area contributed by atoms with Crippen molar-refractivity contribution in [2.75, 3.05) is 0 Å². The van der Waals surface area contributed by atoms with Gasteiger partial charge in [0, 0.05) is 0 Å². The van der Waals surface area contributed by atoms with Gasteiger partial charge in [0.2, 0.25) is 5.97 Å². The van der Waals surface area contributed by atoms with Crippen molar-refractivity contribution in [1.82, 2.24) is 0 Å². The molecule has 0 rings (SSSR count). The molecule has 9 heteroatoms. The van der Waals surface area contributed by atoms with Gasteiger partial charge in [-0.15, -0.1) is 0 Å². The van der Waals surface area contributed by atoms with Gasteiger partial charge in [0.05, 0.1) is 6.92 Å². The summed E-state index contributed by atoms with van der Waals surface area (Å²) in [6, 6.07) is 0. The smallest absolute Gasteiger partial charge is 0.538 e. The molecule has 0 atom stereocenters. The second kappa shape index (κ2) is 4.82. The van der Waals surface area contributed by atoms with Crippen molar-refractivity contribution < 1.29 is 71.1 Å². The molecule has 12 heavy (non-hydrogen) atoms. The summed E-state index contributed by atoms with van der Waals surface area (Å²) in [6.45, 7) is 0.350. The van der Waals surface area contributed by atoms with Gasteiger partial charge in [-0.05, 0) is 0 Å². The molecule has 0 saturated carbocycles. The van der Waals surface area contributed by atoms with E-state index in [1.807, 2.05) is 0 Å². The summed E-state index contributed by atoms with van der Waals surface area (Å²) < 4.78 is 0. The largest absolute Gasteiger partial charge is 1.00 e. The first-order valence-corrected chi connectivity index (χ1v) is 2.34. The molecule has 0 N–H and O–H groups in total. The van der Waals surface area contributed by atoms with Gasteiger partial charge >= 0.3 is 57.0 Å². The zero-order valence-electron chi connectivity index (χ0n) is 6.34. The Labute approximate surface area is 109 Å². The maximum Gasteiger partial charge on any atom is 1.00 e. The van der Waals surface area contributed by atoms with Crippen LogP contribution >= 0.6 is 0 Å². The standard InChI is InChI=1S/C3H4N2O6.K/c1-3(2(6)7,4(8)9)5(10)11;/h1H3,(H,6,7);/q;+1/p-1. The molecular weight excluding hydrogens is 199 g/mol. The molecule has 0 radical (unpaired) electrons. The zero-order valence-corrected chi connectivity index (χ0v) is 9.47. The molecule has 0 amide bonds. The topological polar surface area (TPSA) is 126 Å². The first kappa shape index (κ1) is 14.4. The molecule has 0 aliphatic carbocycles. The van der Waals surface area contributed by atoms with Crippen LogP contribution < -0.4 is 56.5 Å². The van der Waals surface area contributed by atoms with Crippen LogP contribution in [0, 0.1) is 20.2 Å². The Bertz CT molecular complexity index is 191. The Balaban J connectivity index is 0. The quantitative estimate of drug-likeness (QED) is 0.195. The Morgan fingerprint density at radius 2 is 1.50 bits per heavy atom. The van der Waals surface area contributed by atoms with Crippen LogP contribution in [0.1, 0.15) is 6.92 Å². The van der Waals surface area contributed by atoms with Crippen molar-refractivity contribution in [3.63, 3.8) is 0 Å². The molecule has 0 saturated heterocycles. The van der Waals surface area contributed by atoms with E-state index in [-0.39, 0.29) is 51.4 Å². The minimum atomic E-state index is -3.25. The third kappa shape index (κ3) is 2.45. The molecule has 0 aliphatic rings. The van der Waals surface area contributed by atoms with Gasteiger partial charge in [-0.1, -0.05) is 0 Å². The number of carbonyl (C=O) groups is 1. The Hall–Kier alpha value is -0.0936. The van der Waals surface area contributed by atoms with Crippen LogP contribution in [0.2, 0.25) is 0 Å². The first-order chi connectivity index (χ1) is 4.83. The van der Waals surface area contributed by atoms with Crippen molar-refractivity contribution in [2.45, 2.75) is 12.6 Å². The third-order valence-corrected chi connectivity index (χ3v) is 1.10. The number of carboxylic acid groups (broad SMARTS) is 1. The monoisotopic (exact) mass is 202 g/mol. The maximum absolute atomic E-state index is 9.91. The van der Waals surface area contributed by atoms with E-state index >= 15 is 0 Å². The molecule has 0 unspecified atom stereocenters. The number of aliphatic carboxylic acids is 1. The van der Waals surface area contributed by atoms with Crippen LogP contribution in [0.5, 0.6) is 0 Å². The van der Waals surface area contributed by atoms with Crippen LogP contribution in [0.3, 0.4) is 0 Å². The molecule has 0 spiro atoms. The molecule has 0 aromatic heterocycles. The Morgan fingerprint density at radius 1 is 1.25 bits per heavy atom. The molecule has 8 nitrogen and oxygen atoms in total. The van der Waals surface area contributed by atoms with E-state index in [1.165, 1.54) is 0 Å². The average molecular weight is 202 g/mol. The molecule has 0 aromatic carbocycles. The normalized spacial score (nSPS) is 9.75. The van der Waals surface area contributed by atoms with Crippen LogP contribution in [0.15, 0.2) is 0 Å². The fourth-order valence-electron chi connectivity index (χ4n) is 0.216. The van der Waals surface area contributed by atoms with Gasteiger partial charge in [0.1, 0.15) is 9.85 Å². The predicted octanol–water partition coefficient (Wildman–Crippen LogP) is -4.99. The molecular formula is C3H3KN2O6. The predicted molar refractivity (Wildman–Crippen MR) is 27.4 cm³/mol. The third-order valence-electron chi connectivity index (χ3n) is 1.10. The van der Waals surface area contributed by atoms with E-state index in [2.05, 4.69) is 0 Å². The van der Waals surface area contributed by atoms with E-state index < -0.39 is 21.5 Å². The van der Waals surface area contributed by atoms with Gasteiger partial charge in [-0.2, -0.15) is 0 Å². The Morgan fingerprint density at radius 3 is 1.50 bits per heavy atom. The summed E-state index contributed by atoms with van der Waals surface area (Å²) in [5.41, 5.74) is -3.25. The number of nitro groups is 2. The number of hydrogen-bond acceptors (Lipinski definition) is 6. The summed E-state index contributed by atoms with van der Waals surface area (Å²) in [6.07, 6.45) is 0. The second-order valence-electron chi connectivity index (χ2n) is 1.82. The number of carbonyl (C=O) groups excluding carboxylic acids is 1. The van der Waals surface area contributed by atoms with Gasteiger partial charge in [0.15, 0.2) is 0 Å². The van der Waals surface area contributed by atoms with Crippen molar-refractivity contribution in [3.8, 4) is 0 Å². The van der Waals surface area contributed by atoms with E-state index in [4.69, 9.17) is 0 Å². The number of hydrogen-bond donors (Lipinski definition) is 0. The van der Waals surface area contributed by atoms with Crippen LogP contribution in [-0.4, -0.2) is 21.5 Å². The fraction of sp³-hybridized carbons (Fsp3) is 0.667. The van der Waals surface area contributed by atoms with E-state index in [9.17, 15) is 30.1 Å². The van der Waals surface area contributed by atoms with E-state index in [1.54, 1.807) is 0 Å². The van der Waals surface area contributed by atoms with Crippen molar-refractivity contribution in [2.24, 2.45) is 0 Å². The van der Waals surface area contributed by atoms with Gasteiger partial charge in [-0.25, -0.2) is 0 Å². The zero-order chi connectivity index (χ0) is 9.23. The average Bonchev–Trinajstić information content (AvgIpc) is 1.84. The molecule has 0 aliphatic heterocycles. The molecule has 0 fully saturated rings. The second-order valence-corrected chi connectivity index (χ2v) is 1.82. The number of carboxylic acids is 1. The van der Waals surface area contributed by atoms with E-state index in [0.717, 1.165) is 0 Å². The van der Waals surface area contributed by atoms with Crippen molar-refractivity contribution in [1.29, 1.82) is 0 Å². The summed E-state index contributed by atoms with van der Waals surface area (Å²) in [4.78, 5) is 26.6. The molecule has 0 bridgehead atoms. The Kier molecular flexibility index (Phi) is 5.79. The van der Waals surface area contributed by atoms with Crippen LogP contribution in [-0.2, 0) is 4.79 Å². The summed E-state index contributed by atoms with van der Waals surface area (Å²) in [7, 11) is 0. The number of rotatable bonds is 3. The summed E-state index contributed by atoms with van der Waals surface area (Å²) >= 11 is 0. The molecule has 0 aromatic rings. The van der Waals surface area contributed by atoms with Gasteiger partial charge in [-0.3, -0.25) is 20.2 Å². The number of nitrogens with zero attached hydrogens (tertiary/aromatic N) is 2. The molecule has 62 valence electrons. The van der Waals surface area contributed by atoms with Crippen LogP contribution in [0.25, 0.3) is 0 Å². The van der Waals surface area contributed by atoms with Gasteiger partial charge < -0.3 is 9.90 Å². The summed E-state index contributed by atoms with van der Waals surface area (Å²) in [5.74, 6) is -2.34. The minimum absolute atomic E-state index is 0. The fourth-order valence-corrected chi connectivity index (χ4v) is 0.216.